The molecule has 2 N–H and O–H groups in total. The van der Waals surface area contributed by atoms with Crippen LogP contribution in [0.5, 0.6) is 0 Å². The summed E-state index contributed by atoms with van der Waals surface area (Å²) in [5.41, 5.74) is 2.15. The molecule has 2 aromatic carbocycles. The van der Waals surface area contributed by atoms with E-state index in [4.69, 9.17) is 0 Å². The van der Waals surface area contributed by atoms with Gasteiger partial charge in [-0.25, -0.2) is 0 Å². The van der Waals surface area contributed by atoms with Gasteiger partial charge in [0.15, 0.2) is 0 Å². The number of carbonyl (C=O) groups is 2. The highest BCUT2D eigenvalue weighted by Gasteiger charge is 2.31. The standard InChI is InChI=1S/C22H26N2O3/c25-21(20-12-7-13-24(20)16-18-10-5-2-6-11-18)23-15-19(22(26)27)14-17-8-3-1-4-9-17/h1-6,8-11,19-20H,7,12-16H2,(H,23,25)(H,26,27). The fourth-order valence-corrected chi connectivity index (χ4v) is 3.62. The number of carbonyl (C=O) groups excluding carboxylic acids is 1. The molecule has 1 saturated heterocycles. The Morgan fingerprint density at radius 3 is 2.30 bits per heavy atom. The monoisotopic (exact) mass is 366 g/mol. The zero-order valence-electron chi connectivity index (χ0n) is 15.4. The number of hydrogen-bond acceptors (Lipinski definition) is 3. The van der Waals surface area contributed by atoms with Crippen molar-refractivity contribution in [2.24, 2.45) is 5.92 Å². The number of rotatable bonds is 8. The lowest BCUT2D eigenvalue weighted by atomic mass is 9.99. The fourth-order valence-electron chi connectivity index (χ4n) is 3.62. The third-order valence-electron chi connectivity index (χ3n) is 5.09. The second-order valence-corrected chi connectivity index (χ2v) is 7.08. The van der Waals surface area contributed by atoms with Gasteiger partial charge in [0.2, 0.25) is 5.91 Å². The molecule has 0 saturated carbocycles. The molecule has 0 bridgehead atoms. The van der Waals surface area contributed by atoms with E-state index < -0.39 is 11.9 Å². The Labute approximate surface area is 160 Å². The van der Waals surface area contributed by atoms with E-state index in [9.17, 15) is 14.7 Å². The van der Waals surface area contributed by atoms with Crippen molar-refractivity contribution in [1.82, 2.24) is 10.2 Å². The van der Waals surface area contributed by atoms with Gasteiger partial charge in [0.1, 0.15) is 0 Å². The molecule has 2 atom stereocenters. The number of carboxylic acids is 1. The van der Waals surface area contributed by atoms with E-state index in [-0.39, 0.29) is 18.5 Å². The Hall–Kier alpha value is -2.66. The Morgan fingerprint density at radius 2 is 1.67 bits per heavy atom. The van der Waals surface area contributed by atoms with Gasteiger partial charge in [0, 0.05) is 13.1 Å². The quantitative estimate of drug-likeness (QED) is 0.754. The molecule has 1 amide bonds. The molecule has 2 aromatic rings. The van der Waals surface area contributed by atoms with Gasteiger partial charge in [-0.05, 0) is 36.9 Å². The van der Waals surface area contributed by atoms with Crippen LogP contribution in [-0.4, -0.2) is 41.0 Å². The summed E-state index contributed by atoms with van der Waals surface area (Å²) in [7, 11) is 0. The van der Waals surface area contributed by atoms with Crippen molar-refractivity contribution in [3.63, 3.8) is 0 Å². The molecule has 27 heavy (non-hydrogen) atoms. The topological polar surface area (TPSA) is 69.6 Å². The molecule has 142 valence electrons. The highest BCUT2D eigenvalue weighted by Crippen LogP contribution is 2.20. The van der Waals surface area contributed by atoms with Crippen LogP contribution in [0.15, 0.2) is 60.7 Å². The molecular formula is C22H26N2O3. The van der Waals surface area contributed by atoms with E-state index in [0.29, 0.717) is 6.42 Å². The van der Waals surface area contributed by atoms with Crippen LogP contribution in [0.25, 0.3) is 0 Å². The molecule has 1 aliphatic rings. The Bertz CT molecular complexity index is 749. The first-order valence-electron chi connectivity index (χ1n) is 9.46. The lowest BCUT2D eigenvalue weighted by molar-refractivity contribution is -0.141. The first-order chi connectivity index (χ1) is 13.1. The van der Waals surface area contributed by atoms with Gasteiger partial charge in [-0.2, -0.15) is 0 Å². The predicted octanol–water partition coefficient (Wildman–Crippen LogP) is 2.71. The van der Waals surface area contributed by atoms with Crippen LogP contribution in [0, 0.1) is 5.92 Å². The van der Waals surface area contributed by atoms with Crippen LogP contribution >= 0.6 is 0 Å². The predicted molar refractivity (Wildman–Crippen MR) is 104 cm³/mol. The van der Waals surface area contributed by atoms with Crippen LogP contribution in [0.1, 0.15) is 24.0 Å². The van der Waals surface area contributed by atoms with E-state index in [1.807, 2.05) is 48.5 Å². The number of carboxylic acid groups (broad SMARTS) is 1. The molecule has 5 heteroatoms. The maximum absolute atomic E-state index is 12.7. The Morgan fingerprint density at radius 1 is 1.04 bits per heavy atom. The van der Waals surface area contributed by atoms with Crippen molar-refractivity contribution < 1.29 is 14.7 Å². The third-order valence-corrected chi connectivity index (χ3v) is 5.09. The van der Waals surface area contributed by atoms with Crippen LogP contribution < -0.4 is 5.32 Å². The zero-order valence-corrected chi connectivity index (χ0v) is 15.4. The molecule has 0 aromatic heterocycles. The highest BCUT2D eigenvalue weighted by atomic mass is 16.4. The van der Waals surface area contributed by atoms with Crippen molar-refractivity contribution in [2.75, 3.05) is 13.1 Å². The summed E-state index contributed by atoms with van der Waals surface area (Å²) in [6.45, 7) is 1.78. The fraction of sp³-hybridized carbons (Fsp3) is 0.364. The summed E-state index contributed by atoms with van der Waals surface area (Å²) in [5, 5.41) is 12.4. The smallest absolute Gasteiger partial charge is 0.308 e. The molecule has 5 nitrogen and oxygen atoms in total. The SMILES string of the molecule is O=C(O)C(CNC(=O)C1CCCN1Cc1ccccc1)Cc1ccccc1. The van der Waals surface area contributed by atoms with E-state index in [1.54, 1.807) is 0 Å². The van der Waals surface area contributed by atoms with Crippen LogP contribution in [0.4, 0.5) is 0 Å². The minimum atomic E-state index is -0.883. The number of aliphatic carboxylic acids is 1. The van der Waals surface area contributed by atoms with Crippen molar-refractivity contribution in [3.05, 3.63) is 71.8 Å². The molecular weight excluding hydrogens is 340 g/mol. The summed E-state index contributed by atoms with van der Waals surface area (Å²) in [5.74, 6) is -1.57. The van der Waals surface area contributed by atoms with E-state index in [1.165, 1.54) is 5.56 Å². The highest BCUT2D eigenvalue weighted by molar-refractivity contribution is 5.82. The van der Waals surface area contributed by atoms with Gasteiger partial charge in [-0.3, -0.25) is 14.5 Å². The first-order valence-corrected chi connectivity index (χ1v) is 9.46. The van der Waals surface area contributed by atoms with Crippen molar-refractivity contribution >= 4 is 11.9 Å². The molecule has 3 rings (SSSR count). The average Bonchev–Trinajstić information content (AvgIpc) is 3.14. The van der Waals surface area contributed by atoms with E-state index in [2.05, 4.69) is 22.3 Å². The minimum absolute atomic E-state index is 0.0669. The largest absolute Gasteiger partial charge is 0.481 e. The lowest BCUT2D eigenvalue weighted by Crippen LogP contribution is -2.45. The number of hydrogen-bond donors (Lipinski definition) is 2. The maximum atomic E-state index is 12.7. The Balaban J connectivity index is 1.55. The van der Waals surface area contributed by atoms with Crippen molar-refractivity contribution in [3.8, 4) is 0 Å². The summed E-state index contributed by atoms with van der Waals surface area (Å²) in [4.78, 5) is 26.4. The van der Waals surface area contributed by atoms with Crippen LogP contribution in [-0.2, 0) is 22.6 Å². The molecule has 1 aliphatic heterocycles. The number of benzene rings is 2. The van der Waals surface area contributed by atoms with Gasteiger partial charge in [0.05, 0.1) is 12.0 Å². The minimum Gasteiger partial charge on any atom is -0.481 e. The van der Waals surface area contributed by atoms with E-state index in [0.717, 1.165) is 31.5 Å². The molecule has 1 heterocycles. The van der Waals surface area contributed by atoms with Gasteiger partial charge >= 0.3 is 5.97 Å². The average molecular weight is 366 g/mol. The maximum Gasteiger partial charge on any atom is 0.308 e. The zero-order chi connectivity index (χ0) is 19.1. The van der Waals surface area contributed by atoms with Gasteiger partial charge in [-0.1, -0.05) is 60.7 Å². The van der Waals surface area contributed by atoms with Gasteiger partial charge < -0.3 is 10.4 Å². The normalized spacial score (nSPS) is 18.1. The van der Waals surface area contributed by atoms with Crippen molar-refractivity contribution in [2.45, 2.75) is 31.8 Å². The van der Waals surface area contributed by atoms with E-state index >= 15 is 0 Å². The summed E-state index contributed by atoms with van der Waals surface area (Å²) in [6, 6.07) is 19.5. The van der Waals surface area contributed by atoms with Crippen molar-refractivity contribution in [1.29, 1.82) is 0 Å². The molecule has 1 fully saturated rings. The summed E-state index contributed by atoms with van der Waals surface area (Å²) in [6.07, 6.45) is 2.21. The summed E-state index contributed by atoms with van der Waals surface area (Å²) < 4.78 is 0. The molecule has 0 radical (unpaired) electrons. The Kier molecular flexibility index (Phi) is 6.60. The lowest BCUT2D eigenvalue weighted by Gasteiger charge is -2.24. The number of likely N-dealkylation sites (tertiary alicyclic amines) is 1. The number of amides is 1. The van der Waals surface area contributed by atoms with Gasteiger partial charge in [-0.15, -0.1) is 0 Å². The first kappa shape index (κ1) is 19.1. The van der Waals surface area contributed by atoms with Crippen LogP contribution in [0.2, 0.25) is 0 Å². The molecule has 2 unspecified atom stereocenters. The second kappa shape index (κ2) is 9.33. The molecule has 0 spiro atoms. The van der Waals surface area contributed by atoms with Crippen LogP contribution in [0.3, 0.4) is 0 Å². The molecule has 0 aliphatic carbocycles. The summed E-state index contributed by atoms with van der Waals surface area (Å²) >= 11 is 0. The third kappa shape index (κ3) is 5.41. The second-order valence-electron chi connectivity index (χ2n) is 7.08. The number of nitrogens with one attached hydrogen (secondary N) is 1. The van der Waals surface area contributed by atoms with Gasteiger partial charge in [0.25, 0.3) is 0 Å². The number of nitrogens with zero attached hydrogens (tertiary/aromatic N) is 1.